The molecular formula is C20H17NS. The maximum Gasteiger partial charge on any atom is 0.0480 e. The molecule has 0 unspecified atom stereocenters. The van der Waals surface area contributed by atoms with E-state index in [0.717, 1.165) is 0 Å². The van der Waals surface area contributed by atoms with Gasteiger partial charge in [0.05, 0.1) is 0 Å². The summed E-state index contributed by atoms with van der Waals surface area (Å²) in [6.07, 6.45) is 2.28. The number of para-hydroxylation sites is 1. The van der Waals surface area contributed by atoms with Gasteiger partial charge < -0.3 is 4.57 Å². The molecule has 2 heterocycles. The zero-order chi connectivity index (χ0) is 14.9. The van der Waals surface area contributed by atoms with Gasteiger partial charge in [-0.25, -0.2) is 0 Å². The Balaban J connectivity index is 1.98. The first kappa shape index (κ1) is 13.4. The van der Waals surface area contributed by atoms with Gasteiger partial charge in [0.25, 0.3) is 0 Å². The highest BCUT2D eigenvalue weighted by molar-refractivity contribution is 7.10. The van der Waals surface area contributed by atoms with Crippen LogP contribution in [-0.4, -0.2) is 4.57 Å². The van der Waals surface area contributed by atoms with Gasteiger partial charge in [0.2, 0.25) is 0 Å². The minimum atomic E-state index is 0.298. The summed E-state index contributed by atoms with van der Waals surface area (Å²) in [6, 6.07) is 23.8. The maximum absolute atomic E-state index is 2.28. The molecule has 0 fully saturated rings. The lowest BCUT2D eigenvalue weighted by Crippen LogP contribution is -2.00. The monoisotopic (exact) mass is 303 g/mol. The van der Waals surface area contributed by atoms with E-state index in [2.05, 4.69) is 89.9 Å². The minimum Gasteiger partial charge on any atom is -0.350 e. The molecule has 22 heavy (non-hydrogen) atoms. The lowest BCUT2D eigenvalue weighted by molar-refractivity contribution is 0.936. The van der Waals surface area contributed by atoms with Crippen LogP contribution in [0, 0.1) is 0 Å². The summed E-state index contributed by atoms with van der Waals surface area (Å²) in [7, 11) is 2.13. The highest BCUT2D eigenvalue weighted by Gasteiger charge is 2.21. The van der Waals surface area contributed by atoms with Gasteiger partial charge in [-0.1, -0.05) is 54.6 Å². The van der Waals surface area contributed by atoms with Crippen LogP contribution in [0.15, 0.2) is 78.3 Å². The molecule has 2 aromatic heterocycles. The number of rotatable bonds is 3. The highest BCUT2D eigenvalue weighted by atomic mass is 32.1. The summed E-state index contributed by atoms with van der Waals surface area (Å²) in [5.74, 6) is 0.298. The van der Waals surface area contributed by atoms with E-state index in [-0.39, 0.29) is 0 Å². The van der Waals surface area contributed by atoms with Crippen LogP contribution in [-0.2, 0) is 7.05 Å². The summed E-state index contributed by atoms with van der Waals surface area (Å²) in [4.78, 5) is 1.39. The van der Waals surface area contributed by atoms with E-state index < -0.39 is 0 Å². The van der Waals surface area contributed by atoms with Gasteiger partial charge in [0.1, 0.15) is 0 Å². The number of nitrogens with zero attached hydrogens (tertiary/aromatic N) is 1. The number of benzene rings is 2. The number of aromatic nitrogens is 1. The van der Waals surface area contributed by atoms with Crippen LogP contribution in [0.3, 0.4) is 0 Å². The highest BCUT2D eigenvalue weighted by Crippen LogP contribution is 2.38. The predicted molar refractivity (Wildman–Crippen MR) is 94.6 cm³/mol. The van der Waals surface area contributed by atoms with Crippen molar-refractivity contribution in [3.63, 3.8) is 0 Å². The molecular weight excluding hydrogens is 286 g/mol. The van der Waals surface area contributed by atoms with Gasteiger partial charge in [-0.05, 0) is 28.6 Å². The van der Waals surface area contributed by atoms with Crippen molar-refractivity contribution < 1.29 is 0 Å². The smallest absolute Gasteiger partial charge is 0.0480 e. The first-order valence-electron chi connectivity index (χ1n) is 7.47. The number of fused-ring (bicyclic) bond motifs is 1. The Hall–Kier alpha value is -2.32. The Morgan fingerprint density at radius 1 is 0.864 bits per heavy atom. The molecule has 0 aliphatic heterocycles. The third-order valence-electron chi connectivity index (χ3n) is 4.20. The second kappa shape index (κ2) is 5.47. The predicted octanol–water partition coefficient (Wildman–Crippen LogP) is 5.42. The van der Waals surface area contributed by atoms with Crippen LogP contribution >= 0.6 is 11.3 Å². The molecule has 0 radical (unpaired) electrons. The molecule has 0 amide bonds. The van der Waals surface area contributed by atoms with Crippen molar-refractivity contribution in [1.29, 1.82) is 0 Å². The first-order chi connectivity index (χ1) is 10.8. The standard InChI is InChI=1S/C20H17NS/c1-21-14-17(16-10-5-6-11-18(16)21)20(19-12-7-13-22-19)15-8-3-2-4-9-15/h2-14,20H,1H3/t20-/m1/s1. The molecule has 2 aromatic carbocycles. The summed E-state index contributed by atoms with van der Waals surface area (Å²) in [5, 5.41) is 3.50. The van der Waals surface area contributed by atoms with Crippen molar-refractivity contribution in [2.75, 3.05) is 0 Å². The molecule has 4 rings (SSSR count). The Kier molecular flexibility index (Phi) is 3.32. The fraction of sp³-hybridized carbons (Fsp3) is 0.100. The molecule has 0 bridgehead atoms. The number of hydrogen-bond donors (Lipinski definition) is 0. The first-order valence-corrected chi connectivity index (χ1v) is 8.35. The zero-order valence-corrected chi connectivity index (χ0v) is 13.3. The van der Waals surface area contributed by atoms with Crippen molar-refractivity contribution in [2.45, 2.75) is 5.92 Å². The van der Waals surface area contributed by atoms with Crippen LogP contribution < -0.4 is 0 Å². The topological polar surface area (TPSA) is 4.93 Å². The van der Waals surface area contributed by atoms with E-state index >= 15 is 0 Å². The van der Waals surface area contributed by atoms with E-state index in [1.807, 2.05) is 11.3 Å². The van der Waals surface area contributed by atoms with E-state index in [9.17, 15) is 0 Å². The van der Waals surface area contributed by atoms with Crippen molar-refractivity contribution in [3.8, 4) is 0 Å². The number of thiophene rings is 1. The van der Waals surface area contributed by atoms with Crippen LogP contribution in [0.4, 0.5) is 0 Å². The molecule has 0 spiro atoms. The molecule has 1 nitrogen and oxygen atoms in total. The Bertz CT molecular complexity index is 888. The quantitative estimate of drug-likeness (QED) is 0.476. The summed E-state index contributed by atoms with van der Waals surface area (Å²) >= 11 is 1.83. The maximum atomic E-state index is 2.28. The third kappa shape index (κ3) is 2.16. The van der Waals surface area contributed by atoms with E-state index in [4.69, 9.17) is 0 Å². The zero-order valence-electron chi connectivity index (χ0n) is 12.4. The van der Waals surface area contributed by atoms with Gasteiger partial charge in [0, 0.05) is 34.9 Å². The Morgan fingerprint density at radius 3 is 2.41 bits per heavy atom. The molecule has 0 aliphatic carbocycles. The molecule has 0 saturated carbocycles. The average molecular weight is 303 g/mol. The van der Waals surface area contributed by atoms with Crippen LogP contribution in [0.1, 0.15) is 21.9 Å². The lowest BCUT2D eigenvalue weighted by Gasteiger charge is -2.15. The van der Waals surface area contributed by atoms with Crippen LogP contribution in [0.2, 0.25) is 0 Å². The summed E-state index contributed by atoms with van der Waals surface area (Å²) in [5.41, 5.74) is 4.02. The van der Waals surface area contributed by atoms with E-state index in [1.165, 1.54) is 26.9 Å². The van der Waals surface area contributed by atoms with Gasteiger partial charge in [-0.15, -0.1) is 11.3 Å². The van der Waals surface area contributed by atoms with Gasteiger partial charge in [-0.3, -0.25) is 0 Å². The molecule has 108 valence electrons. The largest absolute Gasteiger partial charge is 0.350 e. The molecule has 0 N–H and O–H groups in total. The summed E-state index contributed by atoms with van der Waals surface area (Å²) in [6.45, 7) is 0. The van der Waals surface area contributed by atoms with E-state index in [1.54, 1.807) is 0 Å². The second-order valence-electron chi connectivity index (χ2n) is 5.57. The average Bonchev–Trinajstić information content (AvgIpc) is 3.19. The van der Waals surface area contributed by atoms with Gasteiger partial charge in [0.15, 0.2) is 0 Å². The van der Waals surface area contributed by atoms with Crippen LogP contribution in [0.25, 0.3) is 10.9 Å². The molecule has 1 atom stereocenters. The molecule has 0 saturated heterocycles. The normalized spacial score (nSPS) is 12.6. The van der Waals surface area contributed by atoms with Crippen LogP contribution in [0.5, 0.6) is 0 Å². The van der Waals surface area contributed by atoms with Crippen molar-refractivity contribution in [2.24, 2.45) is 7.05 Å². The molecule has 2 heteroatoms. The lowest BCUT2D eigenvalue weighted by atomic mass is 9.90. The van der Waals surface area contributed by atoms with Gasteiger partial charge >= 0.3 is 0 Å². The van der Waals surface area contributed by atoms with Gasteiger partial charge in [-0.2, -0.15) is 0 Å². The second-order valence-corrected chi connectivity index (χ2v) is 6.55. The number of hydrogen-bond acceptors (Lipinski definition) is 1. The van der Waals surface area contributed by atoms with E-state index in [0.29, 0.717) is 5.92 Å². The van der Waals surface area contributed by atoms with Crippen molar-refractivity contribution in [3.05, 3.63) is 94.3 Å². The summed E-state index contributed by atoms with van der Waals surface area (Å²) < 4.78 is 2.23. The van der Waals surface area contributed by atoms with Crippen molar-refractivity contribution >= 4 is 22.2 Å². The van der Waals surface area contributed by atoms with Crippen molar-refractivity contribution in [1.82, 2.24) is 4.57 Å². The Labute approximate surface area is 134 Å². The minimum absolute atomic E-state index is 0.298. The SMILES string of the molecule is Cn1cc([C@@H](c2ccccc2)c2cccs2)c2ccccc21. The fourth-order valence-corrected chi connectivity index (χ4v) is 4.07. The fourth-order valence-electron chi connectivity index (χ4n) is 3.20. The number of aryl methyl sites for hydroxylation is 1. The third-order valence-corrected chi connectivity index (χ3v) is 5.14. The molecule has 0 aliphatic rings. The Morgan fingerprint density at radius 2 is 1.64 bits per heavy atom. The molecule has 4 aromatic rings.